The highest BCUT2D eigenvalue weighted by Gasteiger charge is 2.16. The van der Waals surface area contributed by atoms with Crippen LogP contribution in [0.15, 0.2) is 52.9 Å². The molecule has 6 nitrogen and oxygen atoms in total. The van der Waals surface area contributed by atoms with Crippen LogP contribution < -0.4 is 5.32 Å². The third-order valence-electron chi connectivity index (χ3n) is 4.29. The van der Waals surface area contributed by atoms with Gasteiger partial charge in [-0.15, -0.1) is 5.10 Å². The Labute approximate surface area is 144 Å². The van der Waals surface area contributed by atoms with Gasteiger partial charge >= 0.3 is 0 Å². The molecule has 0 radical (unpaired) electrons. The summed E-state index contributed by atoms with van der Waals surface area (Å²) in [5, 5.41) is 12.2. The van der Waals surface area contributed by atoms with Gasteiger partial charge in [-0.1, -0.05) is 23.4 Å². The number of benzene rings is 2. The van der Waals surface area contributed by atoms with E-state index in [4.69, 9.17) is 4.42 Å². The molecular weight excluding hydrogens is 316 g/mol. The highest BCUT2D eigenvalue weighted by molar-refractivity contribution is 5.97. The van der Waals surface area contributed by atoms with E-state index in [0.29, 0.717) is 11.1 Å². The van der Waals surface area contributed by atoms with Gasteiger partial charge in [0.15, 0.2) is 0 Å². The molecule has 0 saturated heterocycles. The minimum atomic E-state index is -0.234. The van der Waals surface area contributed by atoms with Gasteiger partial charge in [-0.2, -0.15) is 0 Å². The topological polar surface area (TPSA) is 73.0 Å². The number of nitrogens with zero attached hydrogens (tertiary/aromatic N) is 3. The van der Waals surface area contributed by atoms with E-state index >= 15 is 0 Å². The lowest BCUT2D eigenvalue weighted by atomic mass is 10.1. The van der Waals surface area contributed by atoms with E-state index in [1.807, 2.05) is 50.2 Å². The second-order valence-corrected chi connectivity index (χ2v) is 5.99. The molecule has 0 aliphatic heterocycles. The van der Waals surface area contributed by atoms with Crippen LogP contribution in [0, 0.1) is 0 Å². The van der Waals surface area contributed by atoms with E-state index in [1.165, 1.54) is 0 Å². The monoisotopic (exact) mass is 334 g/mol. The lowest BCUT2D eigenvalue weighted by Gasteiger charge is -2.11. The standard InChI is InChI=1S/C19H18N4O2/c1-3-23-16-9-8-14(10-15(16)21-22-23)19(24)20-12(2)18-11-13-6-4-5-7-17(13)25-18/h4-12H,3H2,1-2H3,(H,20,24)/t12-/m1/s1. The van der Waals surface area contributed by atoms with Crippen LogP contribution in [0.2, 0.25) is 0 Å². The fourth-order valence-electron chi connectivity index (χ4n) is 2.91. The summed E-state index contributed by atoms with van der Waals surface area (Å²) in [6, 6.07) is 14.9. The first kappa shape index (κ1) is 15.4. The summed E-state index contributed by atoms with van der Waals surface area (Å²) in [6.45, 7) is 4.65. The molecule has 0 spiro atoms. The van der Waals surface area contributed by atoms with Crippen molar-refractivity contribution in [2.24, 2.45) is 0 Å². The van der Waals surface area contributed by atoms with Crippen molar-refractivity contribution in [2.75, 3.05) is 0 Å². The summed E-state index contributed by atoms with van der Waals surface area (Å²) in [5.74, 6) is 0.563. The maximum Gasteiger partial charge on any atom is 0.251 e. The molecule has 0 bridgehead atoms. The molecule has 0 saturated carbocycles. The Morgan fingerprint density at radius 3 is 2.88 bits per heavy atom. The molecule has 0 unspecified atom stereocenters. The predicted molar refractivity (Wildman–Crippen MR) is 95.3 cm³/mol. The molecule has 0 aliphatic carbocycles. The Hall–Kier alpha value is -3.15. The first-order valence-corrected chi connectivity index (χ1v) is 8.28. The smallest absolute Gasteiger partial charge is 0.251 e. The summed E-state index contributed by atoms with van der Waals surface area (Å²) in [7, 11) is 0. The lowest BCUT2D eigenvalue weighted by Crippen LogP contribution is -2.26. The number of aromatic nitrogens is 3. The van der Waals surface area contributed by atoms with Crippen LogP contribution >= 0.6 is 0 Å². The van der Waals surface area contributed by atoms with Crippen molar-refractivity contribution < 1.29 is 9.21 Å². The number of carbonyl (C=O) groups is 1. The van der Waals surface area contributed by atoms with Gasteiger partial charge in [-0.05, 0) is 44.2 Å². The van der Waals surface area contributed by atoms with Crippen LogP contribution in [-0.2, 0) is 6.54 Å². The summed E-state index contributed by atoms with van der Waals surface area (Å²) in [6.07, 6.45) is 0. The maximum atomic E-state index is 12.6. The molecule has 2 aromatic carbocycles. The Bertz CT molecular complexity index is 1030. The fraction of sp³-hybridized carbons (Fsp3) is 0.211. The average molecular weight is 334 g/mol. The van der Waals surface area contributed by atoms with Crippen LogP contribution in [0.5, 0.6) is 0 Å². The third-order valence-corrected chi connectivity index (χ3v) is 4.29. The Morgan fingerprint density at radius 2 is 2.08 bits per heavy atom. The van der Waals surface area contributed by atoms with Gasteiger partial charge in [0, 0.05) is 17.5 Å². The fourth-order valence-corrected chi connectivity index (χ4v) is 2.91. The van der Waals surface area contributed by atoms with Crippen molar-refractivity contribution in [3.05, 3.63) is 59.9 Å². The van der Waals surface area contributed by atoms with E-state index in [0.717, 1.165) is 28.8 Å². The second-order valence-electron chi connectivity index (χ2n) is 5.99. The van der Waals surface area contributed by atoms with Crippen molar-refractivity contribution in [1.29, 1.82) is 0 Å². The molecule has 2 heterocycles. The van der Waals surface area contributed by atoms with Gasteiger partial charge in [0.1, 0.15) is 16.9 Å². The average Bonchev–Trinajstić information content (AvgIpc) is 3.24. The van der Waals surface area contributed by atoms with Crippen molar-refractivity contribution >= 4 is 27.9 Å². The molecule has 1 amide bonds. The van der Waals surface area contributed by atoms with Crippen molar-refractivity contribution in [3.63, 3.8) is 0 Å². The van der Waals surface area contributed by atoms with E-state index in [2.05, 4.69) is 15.6 Å². The molecule has 4 aromatic rings. The number of hydrogen-bond donors (Lipinski definition) is 1. The summed E-state index contributed by atoms with van der Waals surface area (Å²) in [4.78, 5) is 12.6. The number of hydrogen-bond acceptors (Lipinski definition) is 4. The van der Waals surface area contributed by atoms with E-state index in [1.54, 1.807) is 16.8 Å². The molecule has 1 N–H and O–H groups in total. The molecule has 25 heavy (non-hydrogen) atoms. The number of carbonyl (C=O) groups excluding carboxylic acids is 1. The molecular formula is C19H18N4O2. The zero-order valence-corrected chi connectivity index (χ0v) is 14.1. The van der Waals surface area contributed by atoms with Crippen molar-refractivity contribution in [2.45, 2.75) is 26.4 Å². The van der Waals surface area contributed by atoms with Gasteiger partial charge in [0.2, 0.25) is 0 Å². The summed E-state index contributed by atoms with van der Waals surface area (Å²) < 4.78 is 7.61. The van der Waals surface area contributed by atoms with Crippen LogP contribution in [0.4, 0.5) is 0 Å². The minimum Gasteiger partial charge on any atom is -0.459 e. The third kappa shape index (κ3) is 2.76. The van der Waals surface area contributed by atoms with E-state index < -0.39 is 0 Å². The Kier molecular flexibility index (Phi) is 3.72. The SMILES string of the molecule is CCn1nnc2cc(C(=O)N[C@H](C)c3cc4ccccc4o3)ccc21. The number of aryl methyl sites for hydroxylation is 1. The van der Waals surface area contributed by atoms with E-state index in [9.17, 15) is 4.79 Å². The normalized spacial score (nSPS) is 12.6. The second kappa shape index (κ2) is 6.05. The quantitative estimate of drug-likeness (QED) is 0.618. The zero-order chi connectivity index (χ0) is 17.4. The Balaban J connectivity index is 1.56. The van der Waals surface area contributed by atoms with Crippen molar-refractivity contribution in [3.8, 4) is 0 Å². The van der Waals surface area contributed by atoms with Gasteiger partial charge < -0.3 is 9.73 Å². The molecule has 4 rings (SSSR count). The first-order chi connectivity index (χ1) is 12.2. The largest absolute Gasteiger partial charge is 0.459 e. The summed E-state index contributed by atoms with van der Waals surface area (Å²) in [5.41, 5.74) is 3.00. The number of nitrogens with one attached hydrogen (secondary N) is 1. The van der Waals surface area contributed by atoms with Gasteiger partial charge in [0.05, 0.1) is 11.6 Å². The molecule has 0 aliphatic rings. The molecule has 6 heteroatoms. The maximum absolute atomic E-state index is 12.6. The highest BCUT2D eigenvalue weighted by Crippen LogP contribution is 2.24. The van der Waals surface area contributed by atoms with E-state index in [-0.39, 0.29) is 11.9 Å². The number of amides is 1. The predicted octanol–water partition coefficient (Wildman–Crippen LogP) is 3.69. The van der Waals surface area contributed by atoms with Crippen LogP contribution in [-0.4, -0.2) is 20.9 Å². The van der Waals surface area contributed by atoms with Crippen LogP contribution in [0.1, 0.15) is 36.0 Å². The number of fused-ring (bicyclic) bond motifs is 2. The molecule has 1 atom stereocenters. The highest BCUT2D eigenvalue weighted by atomic mass is 16.3. The van der Waals surface area contributed by atoms with Gasteiger partial charge in [-0.3, -0.25) is 4.79 Å². The van der Waals surface area contributed by atoms with Gasteiger partial charge in [0.25, 0.3) is 5.91 Å². The van der Waals surface area contributed by atoms with Crippen LogP contribution in [0.25, 0.3) is 22.0 Å². The molecule has 2 aromatic heterocycles. The lowest BCUT2D eigenvalue weighted by molar-refractivity contribution is 0.0936. The van der Waals surface area contributed by atoms with Crippen molar-refractivity contribution in [1.82, 2.24) is 20.3 Å². The van der Waals surface area contributed by atoms with Gasteiger partial charge in [-0.25, -0.2) is 4.68 Å². The number of para-hydroxylation sites is 1. The number of rotatable bonds is 4. The zero-order valence-electron chi connectivity index (χ0n) is 14.1. The summed E-state index contributed by atoms with van der Waals surface area (Å²) >= 11 is 0. The first-order valence-electron chi connectivity index (χ1n) is 8.28. The minimum absolute atomic E-state index is 0.166. The number of furan rings is 1. The molecule has 0 fully saturated rings. The Morgan fingerprint density at radius 1 is 1.24 bits per heavy atom. The van der Waals surface area contributed by atoms with Crippen LogP contribution in [0.3, 0.4) is 0 Å². The molecule has 126 valence electrons.